The molecular formula is C21H23N3O2S. The van der Waals surface area contributed by atoms with E-state index in [2.05, 4.69) is 33.8 Å². The molecule has 0 spiro atoms. The molecule has 27 heavy (non-hydrogen) atoms. The van der Waals surface area contributed by atoms with E-state index in [1.807, 2.05) is 30.3 Å². The third kappa shape index (κ3) is 5.44. The summed E-state index contributed by atoms with van der Waals surface area (Å²) in [5, 5.41) is 9.69. The van der Waals surface area contributed by atoms with Crippen molar-refractivity contribution in [3.05, 3.63) is 71.5 Å². The summed E-state index contributed by atoms with van der Waals surface area (Å²) in [5.74, 6) is 2.70. The third-order valence-corrected chi connectivity index (χ3v) is 5.17. The van der Waals surface area contributed by atoms with Crippen LogP contribution >= 0.6 is 11.8 Å². The van der Waals surface area contributed by atoms with Gasteiger partial charge in [0, 0.05) is 24.3 Å². The summed E-state index contributed by atoms with van der Waals surface area (Å²) >= 11 is 1.71. The standard InChI is InChI=1S/C21H23N3O2S/c1-2-24-20(15-17-7-4-3-5-8-17)22-23-21(24)27-14-6-13-26-19-11-9-18(16-25)10-12-19/h3-5,7-12,16H,2,6,13-15H2,1H3. The Labute approximate surface area is 163 Å². The Kier molecular flexibility index (Phi) is 7.04. The summed E-state index contributed by atoms with van der Waals surface area (Å²) in [4.78, 5) is 10.7. The Bertz CT molecular complexity index is 848. The van der Waals surface area contributed by atoms with Gasteiger partial charge in [0.15, 0.2) is 5.16 Å². The van der Waals surface area contributed by atoms with Crippen LogP contribution < -0.4 is 4.74 Å². The second-order valence-electron chi connectivity index (χ2n) is 6.04. The second-order valence-corrected chi connectivity index (χ2v) is 7.10. The number of aromatic nitrogens is 3. The number of carbonyl (C=O) groups is 1. The zero-order valence-corrected chi connectivity index (χ0v) is 16.2. The third-order valence-electron chi connectivity index (χ3n) is 4.12. The SMILES string of the molecule is CCn1c(Cc2ccccc2)nnc1SCCCOc1ccc(C=O)cc1. The highest BCUT2D eigenvalue weighted by atomic mass is 32.2. The first-order chi connectivity index (χ1) is 13.3. The Hall–Kier alpha value is -2.60. The molecule has 0 atom stereocenters. The van der Waals surface area contributed by atoms with Gasteiger partial charge in [0.1, 0.15) is 17.9 Å². The van der Waals surface area contributed by atoms with Crippen LogP contribution in [0.4, 0.5) is 0 Å². The molecule has 0 amide bonds. The first-order valence-electron chi connectivity index (χ1n) is 9.07. The summed E-state index contributed by atoms with van der Waals surface area (Å²) < 4.78 is 7.89. The zero-order chi connectivity index (χ0) is 18.9. The zero-order valence-electron chi connectivity index (χ0n) is 15.4. The molecule has 140 valence electrons. The number of hydrogen-bond acceptors (Lipinski definition) is 5. The molecule has 0 N–H and O–H groups in total. The fraction of sp³-hybridized carbons (Fsp3) is 0.286. The maximum atomic E-state index is 10.7. The molecule has 2 aromatic carbocycles. The average Bonchev–Trinajstić information content (AvgIpc) is 3.10. The number of ether oxygens (including phenoxy) is 1. The van der Waals surface area contributed by atoms with Crippen LogP contribution in [-0.2, 0) is 13.0 Å². The highest BCUT2D eigenvalue weighted by Gasteiger charge is 2.11. The van der Waals surface area contributed by atoms with E-state index in [0.29, 0.717) is 12.2 Å². The molecule has 0 unspecified atom stereocenters. The van der Waals surface area contributed by atoms with Crippen molar-refractivity contribution in [1.82, 2.24) is 14.8 Å². The average molecular weight is 382 g/mol. The summed E-state index contributed by atoms with van der Waals surface area (Å²) in [7, 11) is 0. The predicted molar refractivity (Wildman–Crippen MR) is 108 cm³/mol. The largest absolute Gasteiger partial charge is 0.494 e. The monoisotopic (exact) mass is 381 g/mol. The van der Waals surface area contributed by atoms with E-state index in [0.717, 1.165) is 48.2 Å². The number of nitrogens with zero attached hydrogens (tertiary/aromatic N) is 3. The van der Waals surface area contributed by atoms with Crippen LogP contribution in [0.15, 0.2) is 59.8 Å². The molecule has 3 rings (SSSR count). The lowest BCUT2D eigenvalue weighted by Gasteiger charge is -2.08. The van der Waals surface area contributed by atoms with Gasteiger partial charge in [-0.15, -0.1) is 10.2 Å². The Morgan fingerprint density at radius 3 is 2.56 bits per heavy atom. The molecule has 0 saturated heterocycles. The van der Waals surface area contributed by atoms with Gasteiger partial charge in [-0.2, -0.15) is 0 Å². The van der Waals surface area contributed by atoms with Crippen LogP contribution in [0.3, 0.4) is 0 Å². The predicted octanol–water partition coefficient (Wildman–Crippen LogP) is 4.26. The van der Waals surface area contributed by atoms with Gasteiger partial charge in [-0.1, -0.05) is 42.1 Å². The fourth-order valence-corrected chi connectivity index (χ4v) is 3.64. The van der Waals surface area contributed by atoms with Gasteiger partial charge in [0.05, 0.1) is 6.61 Å². The van der Waals surface area contributed by atoms with E-state index in [-0.39, 0.29) is 0 Å². The lowest BCUT2D eigenvalue weighted by atomic mass is 10.1. The molecule has 3 aromatic rings. The van der Waals surface area contributed by atoms with E-state index >= 15 is 0 Å². The molecule has 0 aliphatic carbocycles. The van der Waals surface area contributed by atoms with Crippen LogP contribution in [0.2, 0.25) is 0 Å². The molecule has 0 aliphatic rings. The molecule has 6 heteroatoms. The maximum absolute atomic E-state index is 10.7. The number of hydrogen-bond donors (Lipinski definition) is 0. The minimum Gasteiger partial charge on any atom is -0.494 e. The van der Waals surface area contributed by atoms with Crippen LogP contribution in [0.5, 0.6) is 5.75 Å². The number of carbonyl (C=O) groups excluding carboxylic acids is 1. The van der Waals surface area contributed by atoms with Gasteiger partial charge >= 0.3 is 0 Å². The molecule has 5 nitrogen and oxygen atoms in total. The molecule has 1 aromatic heterocycles. The first-order valence-corrected chi connectivity index (χ1v) is 10.1. The molecule has 0 aliphatic heterocycles. The quantitative estimate of drug-likeness (QED) is 0.298. The topological polar surface area (TPSA) is 57.0 Å². The van der Waals surface area contributed by atoms with Crippen molar-refractivity contribution < 1.29 is 9.53 Å². The van der Waals surface area contributed by atoms with Crippen molar-refractivity contribution in [2.45, 2.75) is 31.5 Å². The molecule has 0 bridgehead atoms. The Morgan fingerprint density at radius 1 is 1.07 bits per heavy atom. The second kappa shape index (κ2) is 9.92. The normalized spacial score (nSPS) is 10.7. The minimum atomic E-state index is 0.630. The lowest BCUT2D eigenvalue weighted by Crippen LogP contribution is -2.05. The van der Waals surface area contributed by atoms with E-state index in [1.165, 1.54) is 5.56 Å². The van der Waals surface area contributed by atoms with Crippen molar-refractivity contribution in [1.29, 1.82) is 0 Å². The number of benzene rings is 2. The van der Waals surface area contributed by atoms with Gasteiger partial charge < -0.3 is 9.30 Å². The van der Waals surface area contributed by atoms with E-state index in [1.54, 1.807) is 23.9 Å². The molecule has 1 heterocycles. The molecule has 0 radical (unpaired) electrons. The Morgan fingerprint density at radius 2 is 1.85 bits per heavy atom. The molecular weight excluding hydrogens is 358 g/mol. The van der Waals surface area contributed by atoms with E-state index < -0.39 is 0 Å². The fourth-order valence-electron chi connectivity index (χ4n) is 2.71. The Balaban J connectivity index is 1.47. The van der Waals surface area contributed by atoms with Crippen molar-refractivity contribution in [2.75, 3.05) is 12.4 Å². The highest BCUT2D eigenvalue weighted by molar-refractivity contribution is 7.99. The van der Waals surface area contributed by atoms with Gasteiger partial charge in [-0.05, 0) is 43.2 Å². The summed E-state index contributed by atoms with van der Waals surface area (Å²) in [5.41, 5.74) is 1.90. The van der Waals surface area contributed by atoms with E-state index in [4.69, 9.17) is 4.74 Å². The molecule has 0 fully saturated rings. The summed E-state index contributed by atoms with van der Waals surface area (Å²) in [6.07, 6.45) is 2.53. The number of thioether (sulfide) groups is 1. The first kappa shape index (κ1) is 19.2. The number of aldehydes is 1. The van der Waals surface area contributed by atoms with Crippen LogP contribution in [0.25, 0.3) is 0 Å². The van der Waals surface area contributed by atoms with Crippen LogP contribution in [0.1, 0.15) is 35.1 Å². The van der Waals surface area contributed by atoms with Crippen LogP contribution in [-0.4, -0.2) is 33.4 Å². The lowest BCUT2D eigenvalue weighted by molar-refractivity contribution is 0.112. The van der Waals surface area contributed by atoms with Crippen molar-refractivity contribution in [2.24, 2.45) is 0 Å². The molecule has 0 saturated carbocycles. The van der Waals surface area contributed by atoms with Gasteiger partial charge in [-0.25, -0.2) is 0 Å². The summed E-state index contributed by atoms with van der Waals surface area (Å²) in [6, 6.07) is 17.5. The van der Waals surface area contributed by atoms with E-state index in [9.17, 15) is 4.79 Å². The highest BCUT2D eigenvalue weighted by Crippen LogP contribution is 2.20. The van der Waals surface area contributed by atoms with Crippen molar-refractivity contribution in [3.63, 3.8) is 0 Å². The van der Waals surface area contributed by atoms with Crippen LogP contribution in [0, 0.1) is 0 Å². The maximum Gasteiger partial charge on any atom is 0.191 e. The smallest absolute Gasteiger partial charge is 0.191 e. The summed E-state index contributed by atoms with van der Waals surface area (Å²) in [6.45, 7) is 3.61. The van der Waals surface area contributed by atoms with Gasteiger partial charge in [0.25, 0.3) is 0 Å². The minimum absolute atomic E-state index is 0.630. The van der Waals surface area contributed by atoms with Crippen molar-refractivity contribution >= 4 is 18.0 Å². The van der Waals surface area contributed by atoms with Gasteiger partial charge in [-0.3, -0.25) is 4.79 Å². The van der Waals surface area contributed by atoms with Gasteiger partial charge in [0.2, 0.25) is 0 Å². The van der Waals surface area contributed by atoms with Crippen molar-refractivity contribution in [3.8, 4) is 5.75 Å². The number of rotatable bonds is 10.